The summed E-state index contributed by atoms with van der Waals surface area (Å²) >= 11 is 0. The zero-order valence-electron chi connectivity index (χ0n) is 13.7. The van der Waals surface area contributed by atoms with E-state index in [1.807, 2.05) is 39.0 Å². The number of aryl methyl sites for hydroxylation is 1. The molecule has 1 aromatic rings. The fourth-order valence-electron chi connectivity index (χ4n) is 2.61. The fraction of sp³-hybridized carbons (Fsp3) is 0.529. The number of nitrogens with zero attached hydrogens (tertiary/aromatic N) is 1. The molecular weight excluding hydrogens is 296 g/mol. The van der Waals surface area contributed by atoms with E-state index in [1.54, 1.807) is 4.90 Å². The number of carbonyl (C=O) groups excluding carboxylic acids is 2. The molecule has 0 atom stereocenters. The Bertz CT molecular complexity index is 630. The van der Waals surface area contributed by atoms with Crippen LogP contribution in [0.25, 0.3) is 0 Å². The molecule has 0 aliphatic carbocycles. The number of ether oxygens (including phenoxy) is 2. The predicted molar refractivity (Wildman–Crippen MR) is 85.6 cm³/mol. The molecule has 0 spiro atoms. The van der Waals surface area contributed by atoms with Crippen LogP contribution in [0, 0.1) is 0 Å². The number of fused-ring (bicyclic) bond motifs is 1. The first kappa shape index (κ1) is 15.6. The first-order valence-corrected chi connectivity index (χ1v) is 7.87. The lowest BCUT2D eigenvalue weighted by Crippen LogP contribution is -2.57. The van der Waals surface area contributed by atoms with Crippen LogP contribution >= 0.6 is 0 Å². The number of amides is 2. The van der Waals surface area contributed by atoms with Crippen molar-refractivity contribution in [2.24, 2.45) is 0 Å². The van der Waals surface area contributed by atoms with Crippen LogP contribution in [0.15, 0.2) is 18.2 Å². The fourth-order valence-corrected chi connectivity index (χ4v) is 2.61. The topological polar surface area (TPSA) is 67.9 Å². The third kappa shape index (κ3) is 3.75. The number of nitrogens with one attached hydrogen (secondary N) is 1. The summed E-state index contributed by atoms with van der Waals surface area (Å²) in [7, 11) is 0. The highest BCUT2D eigenvalue weighted by atomic mass is 16.6. The van der Waals surface area contributed by atoms with Crippen molar-refractivity contribution in [3.8, 4) is 5.75 Å². The molecule has 1 aromatic carbocycles. The van der Waals surface area contributed by atoms with Crippen molar-refractivity contribution in [3.05, 3.63) is 23.8 Å². The van der Waals surface area contributed by atoms with Gasteiger partial charge >= 0.3 is 6.09 Å². The maximum absolute atomic E-state index is 11.9. The van der Waals surface area contributed by atoms with Crippen molar-refractivity contribution >= 4 is 17.7 Å². The van der Waals surface area contributed by atoms with Gasteiger partial charge < -0.3 is 19.7 Å². The van der Waals surface area contributed by atoms with Gasteiger partial charge in [0.25, 0.3) is 0 Å². The lowest BCUT2D eigenvalue weighted by Gasteiger charge is -2.39. The molecule has 124 valence electrons. The molecule has 6 nitrogen and oxygen atoms in total. The van der Waals surface area contributed by atoms with E-state index in [2.05, 4.69) is 5.32 Å². The van der Waals surface area contributed by atoms with E-state index in [1.165, 1.54) is 0 Å². The van der Waals surface area contributed by atoms with Gasteiger partial charge in [-0.25, -0.2) is 4.79 Å². The van der Waals surface area contributed by atoms with E-state index in [0.29, 0.717) is 19.5 Å². The number of carbonyl (C=O) groups is 2. The van der Waals surface area contributed by atoms with Gasteiger partial charge in [-0.15, -0.1) is 0 Å². The number of hydrogen-bond donors (Lipinski definition) is 1. The molecule has 0 bridgehead atoms. The summed E-state index contributed by atoms with van der Waals surface area (Å²) in [4.78, 5) is 24.9. The molecule has 1 fully saturated rings. The second kappa shape index (κ2) is 5.76. The van der Waals surface area contributed by atoms with Crippen LogP contribution in [0.5, 0.6) is 5.75 Å². The molecule has 6 heteroatoms. The smallest absolute Gasteiger partial charge is 0.410 e. The van der Waals surface area contributed by atoms with Crippen LogP contribution in [-0.4, -0.2) is 41.7 Å². The molecule has 1 N–H and O–H groups in total. The molecule has 0 unspecified atom stereocenters. The van der Waals surface area contributed by atoms with Crippen molar-refractivity contribution in [3.63, 3.8) is 0 Å². The van der Waals surface area contributed by atoms with Crippen molar-refractivity contribution in [1.29, 1.82) is 0 Å². The number of likely N-dealkylation sites (tertiary alicyclic amines) is 1. The largest absolute Gasteiger partial charge is 0.487 e. The number of hydrogen-bond acceptors (Lipinski definition) is 4. The molecule has 23 heavy (non-hydrogen) atoms. The molecule has 2 aliphatic rings. The minimum atomic E-state index is -0.480. The van der Waals surface area contributed by atoms with Crippen LogP contribution in [0.2, 0.25) is 0 Å². The minimum Gasteiger partial charge on any atom is -0.487 e. The lowest BCUT2D eigenvalue weighted by molar-refractivity contribution is -0.116. The van der Waals surface area contributed by atoms with Gasteiger partial charge in [-0.05, 0) is 51.0 Å². The van der Waals surface area contributed by atoms with Gasteiger partial charge in [0, 0.05) is 12.1 Å². The maximum Gasteiger partial charge on any atom is 0.410 e. The average Bonchev–Trinajstić information content (AvgIpc) is 2.40. The molecular formula is C17H22N2O4. The SMILES string of the molecule is CC(C)(C)OC(=O)N1CC(Oc2ccc3c(c2)CCC(=O)N3)C1. The molecule has 0 aromatic heterocycles. The quantitative estimate of drug-likeness (QED) is 0.910. The Morgan fingerprint density at radius 1 is 1.26 bits per heavy atom. The van der Waals surface area contributed by atoms with Gasteiger partial charge in [0.15, 0.2) is 0 Å². The van der Waals surface area contributed by atoms with Gasteiger partial charge in [0.2, 0.25) is 5.91 Å². The molecule has 1 saturated heterocycles. The molecule has 0 saturated carbocycles. The highest BCUT2D eigenvalue weighted by Gasteiger charge is 2.35. The number of benzene rings is 1. The predicted octanol–water partition coefficient (Wildman–Crippen LogP) is 2.57. The maximum atomic E-state index is 11.9. The Morgan fingerprint density at radius 2 is 2.00 bits per heavy atom. The van der Waals surface area contributed by atoms with Crippen molar-refractivity contribution < 1.29 is 19.1 Å². The Hall–Kier alpha value is -2.24. The molecule has 3 rings (SSSR count). The standard InChI is InChI=1S/C17H22N2O4/c1-17(2,3)23-16(21)19-9-13(10-19)22-12-5-6-14-11(8-12)4-7-15(20)18-14/h5-6,8,13H,4,7,9-10H2,1-3H3,(H,18,20). The van der Waals surface area contributed by atoms with E-state index < -0.39 is 5.60 Å². The van der Waals surface area contributed by atoms with Crippen LogP contribution in [-0.2, 0) is 16.0 Å². The average molecular weight is 318 g/mol. The van der Waals surface area contributed by atoms with Crippen LogP contribution in [0.1, 0.15) is 32.8 Å². The van der Waals surface area contributed by atoms with Gasteiger partial charge in [-0.2, -0.15) is 0 Å². The second-order valence-corrected chi connectivity index (χ2v) is 6.99. The summed E-state index contributed by atoms with van der Waals surface area (Å²) in [6, 6.07) is 5.68. The monoisotopic (exact) mass is 318 g/mol. The lowest BCUT2D eigenvalue weighted by atomic mass is 10.0. The van der Waals surface area contributed by atoms with Gasteiger partial charge in [0.05, 0.1) is 13.1 Å². The molecule has 0 radical (unpaired) electrons. The Balaban J connectivity index is 1.52. The highest BCUT2D eigenvalue weighted by molar-refractivity contribution is 5.94. The Kier molecular flexibility index (Phi) is 3.92. The summed E-state index contributed by atoms with van der Waals surface area (Å²) in [5, 5.41) is 2.85. The van der Waals surface area contributed by atoms with Crippen molar-refractivity contribution in [2.75, 3.05) is 18.4 Å². The summed E-state index contributed by atoms with van der Waals surface area (Å²) < 4.78 is 11.2. The summed E-state index contributed by atoms with van der Waals surface area (Å²) in [5.41, 5.74) is 1.47. The second-order valence-electron chi connectivity index (χ2n) is 6.99. The van der Waals surface area contributed by atoms with Gasteiger partial charge in [-0.3, -0.25) is 4.79 Å². The zero-order valence-corrected chi connectivity index (χ0v) is 13.7. The summed E-state index contributed by atoms with van der Waals surface area (Å²) in [6.45, 7) is 6.62. The Morgan fingerprint density at radius 3 is 2.70 bits per heavy atom. The third-order valence-electron chi connectivity index (χ3n) is 3.77. The van der Waals surface area contributed by atoms with Crippen LogP contribution in [0.4, 0.5) is 10.5 Å². The van der Waals surface area contributed by atoms with Crippen LogP contribution in [0.3, 0.4) is 0 Å². The molecule has 2 amide bonds. The van der Waals surface area contributed by atoms with E-state index in [0.717, 1.165) is 23.4 Å². The van der Waals surface area contributed by atoms with E-state index >= 15 is 0 Å². The highest BCUT2D eigenvalue weighted by Crippen LogP contribution is 2.28. The first-order chi connectivity index (χ1) is 10.8. The third-order valence-corrected chi connectivity index (χ3v) is 3.77. The zero-order chi connectivity index (χ0) is 16.6. The van der Waals surface area contributed by atoms with Crippen molar-refractivity contribution in [1.82, 2.24) is 4.90 Å². The first-order valence-electron chi connectivity index (χ1n) is 7.87. The van der Waals surface area contributed by atoms with Gasteiger partial charge in [-0.1, -0.05) is 0 Å². The van der Waals surface area contributed by atoms with E-state index in [-0.39, 0.29) is 18.1 Å². The van der Waals surface area contributed by atoms with Crippen LogP contribution < -0.4 is 10.1 Å². The molecule has 2 heterocycles. The Labute approximate surface area is 135 Å². The normalized spacial score (nSPS) is 17.9. The minimum absolute atomic E-state index is 0.0150. The summed E-state index contributed by atoms with van der Waals surface area (Å²) in [5.74, 6) is 0.826. The molecule has 2 aliphatic heterocycles. The van der Waals surface area contributed by atoms with Gasteiger partial charge in [0.1, 0.15) is 17.5 Å². The summed E-state index contributed by atoms with van der Waals surface area (Å²) in [6.07, 6.45) is 0.920. The number of rotatable bonds is 2. The van der Waals surface area contributed by atoms with E-state index in [4.69, 9.17) is 9.47 Å². The van der Waals surface area contributed by atoms with E-state index in [9.17, 15) is 9.59 Å². The van der Waals surface area contributed by atoms with Crippen molar-refractivity contribution in [2.45, 2.75) is 45.3 Å². The number of anilines is 1.